The first-order valence-electron chi connectivity index (χ1n) is 6.42. The maximum Gasteiger partial charge on any atom is 0.241 e. The first-order valence-corrected chi connectivity index (χ1v) is 8.31. The maximum absolute atomic E-state index is 13.7. The average Bonchev–Trinajstić information content (AvgIpc) is 2.41. The number of amides is 1. The molecule has 1 aromatic rings. The normalized spacial score (nSPS) is 19.6. The summed E-state index contributed by atoms with van der Waals surface area (Å²) in [6.07, 6.45) is 3.69. The van der Waals surface area contributed by atoms with E-state index < -0.39 is 15.7 Å². The topological polar surface area (TPSA) is 75.3 Å². The van der Waals surface area contributed by atoms with Gasteiger partial charge in [-0.15, -0.1) is 0 Å². The van der Waals surface area contributed by atoms with Crippen LogP contribution in [-0.4, -0.2) is 33.2 Å². The molecule has 1 fully saturated rings. The Balaban J connectivity index is 2.18. The monoisotopic (exact) mass is 300 g/mol. The Hall–Kier alpha value is -1.47. The van der Waals surface area contributed by atoms with Crippen LogP contribution in [0.2, 0.25) is 0 Å². The van der Waals surface area contributed by atoms with Gasteiger partial charge in [0.1, 0.15) is 5.82 Å². The second-order valence-corrected chi connectivity index (χ2v) is 6.92. The van der Waals surface area contributed by atoms with Crippen molar-refractivity contribution in [3.8, 4) is 0 Å². The number of carbonyl (C=O) groups excluding carboxylic acids is 1. The summed E-state index contributed by atoms with van der Waals surface area (Å²) >= 11 is 0. The van der Waals surface area contributed by atoms with Crippen molar-refractivity contribution in [3.05, 3.63) is 24.0 Å². The van der Waals surface area contributed by atoms with Gasteiger partial charge in [0.25, 0.3) is 0 Å². The number of anilines is 1. The first kappa shape index (κ1) is 14.9. The molecule has 5 nitrogen and oxygen atoms in total. The molecule has 1 aromatic carbocycles. The van der Waals surface area contributed by atoms with Crippen LogP contribution in [0.1, 0.15) is 19.3 Å². The molecule has 1 aliphatic heterocycles. The lowest BCUT2D eigenvalue weighted by Gasteiger charge is -2.22. The minimum Gasteiger partial charge on any atom is -0.322 e. The number of hydrogen-bond donors (Lipinski definition) is 2. The van der Waals surface area contributed by atoms with E-state index in [0.717, 1.165) is 37.8 Å². The van der Waals surface area contributed by atoms with Crippen molar-refractivity contribution < 1.29 is 17.6 Å². The Kier molecular flexibility index (Phi) is 4.39. The molecular weight excluding hydrogens is 283 g/mol. The van der Waals surface area contributed by atoms with Crippen molar-refractivity contribution in [1.29, 1.82) is 0 Å². The summed E-state index contributed by atoms with van der Waals surface area (Å²) < 4.78 is 36.5. The van der Waals surface area contributed by atoms with Crippen LogP contribution in [0.15, 0.2) is 23.1 Å². The van der Waals surface area contributed by atoms with E-state index in [1.54, 1.807) is 0 Å². The highest BCUT2D eigenvalue weighted by Gasteiger charge is 2.22. The number of rotatable bonds is 3. The molecule has 0 unspecified atom stereocenters. The molecule has 0 aliphatic carbocycles. The molecule has 7 heteroatoms. The number of hydrogen-bond acceptors (Lipinski definition) is 4. The van der Waals surface area contributed by atoms with Crippen molar-refractivity contribution in [2.45, 2.75) is 30.2 Å². The fourth-order valence-corrected chi connectivity index (χ4v) is 2.77. The Morgan fingerprint density at radius 1 is 1.40 bits per heavy atom. The van der Waals surface area contributed by atoms with Gasteiger partial charge in [0, 0.05) is 6.26 Å². The number of benzene rings is 1. The van der Waals surface area contributed by atoms with Crippen LogP contribution in [-0.2, 0) is 14.6 Å². The minimum atomic E-state index is -3.44. The first-order chi connectivity index (χ1) is 9.38. The molecule has 1 atom stereocenters. The van der Waals surface area contributed by atoms with Gasteiger partial charge in [-0.2, -0.15) is 0 Å². The van der Waals surface area contributed by atoms with Crippen molar-refractivity contribution in [2.24, 2.45) is 0 Å². The van der Waals surface area contributed by atoms with E-state index in [1.807, 2.05) is 0 Å². The smallest absolute Gasteiger partial charge is 0.241 e. The molecule has 1 heterocycles. The zero-order valence-corrected chi connectivity index (χ0v) is 12.0. The van der Waals surface area contributed by atoms with Gasteiger partial charge in [0.15, 0.2) is 9.84 Å². The van der Waals surface area contributed by atoms with Crippen LogP contribution in [0.5, 0.6) is 0 Å². The van der Waals surface area contributed by atoms with E-state index in [9.17, 15) is 17.6 Å². The zero-order chi connectivity index (χ0) is 14.8. The van der Waals surface area contributed by atoms with Crippen LogP contribution in [0.25, 0.3) is 0 Å². The lowest BCUT2D eigenvalue weighted by molar-refractivity contribution is -0.118. The van der Waals surface area contributed by atoms with E-state index in [4.69, 9.17) is 0 Å². The molecule has 0 spiro atoms. The van der Waals surface area contributed by atoms with Gasteiger partial charge in [-0.3, -0.25) is 4.79 Å². The molecule has 0 saturated carbocycles. The lowest BCUT2D eigenvalue weighted by atomic mass is 10.0. The van der Waals surface area contributed by atoms with Crippen LogP contribution < -0.4 is 10.6 Å². The molecule has 110 valence electrons. The molecule has 1 saturated heterocycles. The standard InChI is InChI=1S/C13H17FN2O3S/c1-20(18,19)9-5-6-10(14)12(8-9)16-13(17)11-4-2-3-7-15-11/h5-6,8,11,15H,2-4,7H2,1H3,(H,16,17)/t11-/m1/s1. The number of piperidine rings is 1. The summed E-state index contributed by atoms with van der Waals surface area (Å²) in [5, 5.41) is 5.50. The predicted molar refractivity (Wildman–Crippen MR) is 73.8 cm³/mol. The van der Waals surface area contributed by atoms with Gasteiger partial charge >= 0.3 is 0 Å². The van der Waals surface area contributed by atoms with E-state index in [1.165, 1.54) is 6.07 Å². The number of nitrogens with one attached hydrogen (secondary N) is 2. The molecule has 1 aliphatic rings. The van der Waals surface area contributed by atoms with Gasteiger partial charge in [-0.25, -0.2) is 12.8 Å². The van der Waals surface area contributed by atoms with Gasteiger partial charge < -0.3 is 10.6 Å². The summed E-state index contributed by atoms with van der Waals surface area (Å²) in [5.74, 6) is -0.990. The van der Waals surface area contributed by atoms with Crippen LogP contribution >= 0.6 is 0 Å². The quantitative estimate of drug-likeness (QED) is 0.825. The largest absolute Gasteiger partial charge is 0.322 e. The maximum atomic E-state index is 13.7. The van der Waals surface area contributed by atoms with E-state index in [0.29, 0.717) is 6.42 Å². The third kappa shape index (κ3) is 3.55. The van der Waals surface area contributed by atoms with E-state index >= 15 is 0 Å². The molecule has 0 bridgehead atoms. The van der Waals surface area contributed by atoms with Gasteiger partial charge in [0.05, 0.1) is 16.6 Å². The van der Waals surface area contributed by atoms with Gasteiger partial charge in [-0.05, 0) is 37.6 Å². The fourth-order valence-electron chi connectivity index (χ4n) is 2.13. The molecular formula is C13H17FN2O3S. The van der Waals surface area contributed by atoms with E-state index in [2.05, 4.69) is 10.6 Å². The highest BCUT2D eigenvalue weighted by Crippen LogP contribution is 2.20. The van der Waals surface area contributed by atoms with Crippen molar-refractivity contribution in [3.63, 3.8) is 0 Å². The second kappa shape index (κ2) is 5.88. The van der Waals surface area contributed by atoms with Crippen LogP contribution in [0.4, 0.5) is 10.1 Å². The average molecular weight is 300 g/mol. The summed E-state index contributed by atoms with van der Waals surface area (Å²) in [6, 6.07) is 3.01. The van der Waals surface area contributed by atoms with Gasteiger partial charge in [0.2, 0.25) is 5.91 Å². The highest BCUT2D eigenvalue weighted by atomic mass is 32.2. The van der Waals surface area contributed by atoms with E-state index in [-0.39, 0.29) is 22.5 Å². The molecule has 1 amide bonds. The third-order valence-electron chi connectivity index (χ3n) is 3.25. The molecule has 20 heavy (non-hydrogen) atoms. The molecule has 0 aromatic heterocycles. The van der Waals surface area contributed by atoms with Crippen LogP contribution in [0, 0.1) is 5.82 Å². The van der Waals surface area contributed by atoms with Crippen molar-refractivity contribution in [1.82, 2.24) is 5.32 Å². The molecule has 0 radical (unpaired) electrons. The van der Waals surface area contributed by atoms with Crippen LogP contribution in [0.3, 0.4) is 0 Å². The summed E-state index contributed by atoms with van der Waals surface area (Å²) in [6.45, 7) is 0.754. The summed E-state index contributed by atoms with van der Waals surface area (Å²) in [5.41, 5.74) is -0.106. The molecule has 2 rings (SSSR count). The predicted octanol–water partition coefficient (Wildman–Crippen LogP) is 1.31. The highest BCUT2D eigenvalue weighted by molar-refractivity contribution is 7.90. The number of halogens is 1. The fraction of sp³-hybridized carbons (Fsp3) is 0.462. The Labute approximate surface area is 117 Å². The number of carbonyl (C=O) groups is 1. The zero-order valence-electron chi connectivity index (χ0n) is 11.1. The molecule has 2 N–H and O–H groups in total. The summed E-state index contributed by atoms with van der Waals surface area (Å²) in [4.78, 5) is 12.0. The Morgan fingerprint density at radius 2 is 2.15 bits per heavy atom. The lowest BCUT2D eigenvalue weighted by Crippen LogP contribution is -2.43. The SMILES string of the molecule is CS(=O)(=O)c1ccc(F)c(NC(=O)[C@H]2CCCCN2)c1. The Bertz CT molecular complexity index is 610. The number of sulfone groups is 1. The second-order valence-electron chi connectivity index (χ2n) is 4.91. The van der Waals surface area contributed by atoms with Crippen molar-refractivity contribution in [2.75, 3.05) is 18.1 Å². The minimum absolute atomic E-state index is 0.0224. The third-order valence-corrected chi connectivity index (χ3v) is 4.36. The summed E-state index contributed by atoms with van der Waals surface area (Å²) in [7, 11) is -3.44. The van der Waals surface area contributed by atoms with Crippen molar-refractivity contribution >= 4 is 21.4 Å². The Morgan fingerprint density at radius 3 is 2.75 bits per heavy atom. The van der Waals surface area contributed by atoms with Gasteiger partial charge in [-0.1, -0.05) is 6.42 Å².